The topological polar surface area (TPSA) is 49.8 Å². The molecule has 19 heavy (non-hydrogen) atoms. The Bertz CT molecular complexity index is 488. The lowest BCUT2D eigenvalue weighted by Gasteiger charge is -2.19. The first-order valence-corrected chi connectivity index (χ1v) is 6.81. The van der Waals surface area contributed by atoms with Gasteiger partial charge in [0.05, 0.1) is 18.8 Å². The number of aliphatic hydroxyl groups excluding tert-OH is 1. The predicted molar refractivity (Wildman–Crippen MR) is 71.1 cm³/mol. The summed E-state index contributed by atoms with van der Waals surface area (Å²) in [5.74, 6) is 1.36. The number of carbonyl (C=O) groups excluding carboxylic acids is 1. The number of carbonyl (C=O) groups is 1. The van der Waals surface area contributed by atoms with E-state index in [0.29, 0.717) is 23.8 Å². The Balaban J connectivity index is 1.78. The van der Waals surface area contributed by atoms with E-state index in [1.807, 2.05) is 17.0 Å². The molecule has 1 saturated carbocycles. The van der Waals surface area contributed by atoms with Gasteiger partial charge in [-0.2, -0.15) is 0 Å². The number of aliphatic hydroxyl groups is 1. The molecule has 1 amide bonds. The number of fused-ring (bicyclic) bond motifs is 1. The molecule has 0 spiro atoms. The molecular weight excluding hydrogens is 242 g/mol. The van der Waals surface area contributed by atoms with Crippen molar-refractivity contribution in [3.05, 3.63) is 29.8 Å². The third kappa shape index (κ3) is 2.10. The fourth-order valence-corrected chi connectivity index (χ4v) is 3.39. The van der Waals surface area contributed by atoms with Crippen LogP contribution in [0.15, 0.2) is 24.3 Å². The fraction of sp³-hybridized carbons (Fsp3) is 0.533. The van der Waals surface area contributed by atoms with Crippen molar-refractivity contribution < 1.29 is 14.6 Å². The van der Waals surface area contributed by atoms with Gasteiger partial charge in [0.15, 0.2) is 0 Å². The minimum absolute atomic E-state index is 0.0130. The summed E-state index contributed by atoms with van der Waals surface area (Å²) in [5.41, 5.74) is 0.611. The number of likely N-dealkylation sites (tertiary alicyclic amines) is 1. The zero-order valence-corrected chi connectivity index (χ0v) is 11.1. The van der Waals surface area contributed by atoms with E-state index in [9.17, 15) is 9.90 Å². The van der Waals surface area contributed by atoms with Crippen molar-refractivity contribution in [3.63, 3.8) is 0 Å². The minimum Gasteiger partial charge on any atom is -0.496 e. The summed E-state index contributed by atoms with van der Waals surface area (Å²) in [6.07, 6.45) is 1.67. The lowest BCUT2D eigenvalue weighted by molar-refractivity contribution is 0.0749. The average molecular weight is 261 g/mol. The number of hydrogen-bond acceptors (Lipinski definition) is 3. The van der Waals surface area contributed by atoms with Crippen molar-refractivity contribution in [2.24, 2.45) is 11.8 Å². The molecule has 3 unspecified atom stereocenters. The highest BCUT2D eigenvalue weighted by Crippen LogP contribution is 2.38. The third-order valence-corrected chi connectivity index (χ3v) is 4.44. The van der Waals surface area contributed by atoms with Gasteiger partial charge in [0.1, 0.15) is 5.75 Å². The quantitative estimate of drug-likeness (QED) is 0.878. The summed E-state index contributed by atoms with van der Waals surface area (Å²) in [5, 5.41) is 9.91. The van der Waals surface area contributed by atoms with Crippen LogP contribution in [0.1, 0.15) is 23.2 Å². The highest BCUT2D eigenvalue weighted by atomic mass is 16.5. The molecule has 1 heterocycles. The van der Waals surface area contributed by atoms with Gasteiger partial charge in [0, 0.05) is 19.0 Å². The van der Waals surface area contributed by atoms with E-state index in [0.717, 1.165) is 19.4 Å². The molecule has 1 aromatic rings. The lowest BCUT2D eigenvalue weighted by atomic mass is 10.00. The molecule has 2 aliphatic rings. The molecule has 0 bridgehead atoms. The highest BCUT2D eigenvalue weighted by Gasteiger charge is 2.43. The summed E-state index contributed by atoms with van der Waals surface area (Å²) < 4.78 is 5.24. The summed E-state index contributed by atoms with van der Waals surface area (Å²) in [6, 6.07) is 7.31. The highest BCUT2D eigenvalue weighted by molar-refractivity contribution is 5.97. The van der Waals surface area contributed by atoms with Crippen LogP contribution in [-0.4, -0.2) is 42.2 Å². The number of nitrogens with zero attached hydrogens (tertiary/aromatic N) is 1. The standard InChI is InChI=1S/C15H19NO3/c1-19-14-5-3-2-4-11(14)15(18)16-8-10-6-7-13(17)12(10)9-16/h2-5,10,12-13,17H,6-9H2,1H3. The van der Waals surface area contributed by atoms with Gasteiger partial charge >= 0.3 is 0 Å². The van der Waals surface area contributed by atoms with Gasteiger partial charge in [-0.15, -0.1) is 0 Å². The molecule has 1 aromatic carbocycles. The van der Waals surface area contributed by atoms with Crippen molar-refractivity contribution in [1.29, 1.82) is 0 Å². The monoisotopic (exact) mass is 261 g/mol. The summed E-state index contributed by atoms with van der Waals surface area (Å²) in [6.45, 7) is 1.43. The van der Waals surface area contributed by atoms with Crippen LogP contribution in [0.4, 0.5) is 0 Å². The smallest absolute Gasteiger partial charge is 0.257 e. The van der Waals surface area contributed by atoms with Crippen molar-refractivity contribution >= 4 is 5.91 Å². The van der Waals surface area contributed by atoms with Gasteiger partial charge in [-0.05, 0) is 30.9 Å². The molecule has 4 heteroatoms. The minimum atomic E-state index is -0.236. The lowest BCUT2D eigenvalue weighted by Crippen LogP contribution is -2.31. The number of benzene rings is 1. The molecule has 1 N–H and O–H groups in total. The molecule has 4 nitrogen and oxygen atoms in total. The van der Waals surface area contributed by atoms with Gasteiger partial charge in [-0.25, -0.2) is 0 Å². The first kappa shape index (κ1) is 12.5. The second-order valence-corrected chi connectivity index (χ2v) is 5.48. The maximum absolute atomic E-state index is 12.5. The summed E-state index contributed by atoms with van der Waals surface area (Å²) >= 11 is 0. The molecular formula is C15H19NO3. The maximum Gasteiger partial charge on any atom is 0.257 e. The van der Waals surface area contributed by atoms with Crippen LogP contribution in [0.25, 0.3) is 0 Å². The molecule has 102 valence electrons. The van der Waals surface area contributed by atoms with Crippen LogP contribution >= 0.6 is 0 Å². The van der Waals surface area contributed by atoms with Gasteiger partial charge < -0.3 is 14.7 Å². The van der Waals surface area contributed by atoms with Crippen LogP contribution < -0.4 is 4.74 Å². The Morgan fingerprint density at radius 1 is 1.32 bits per heavy atom. The Morgan fingerprint density at radius 3 is 2.84 bits per heavy atom. The van der Waals surface area contributed by atoms with Crippen molar-refractivity contribution in [2.75, 3.05) is 20.2 Å². The van der Waals surface area contributed by atoms with E-state index in [-0.39, 0.29) is 17.9 Å². The number of rotatable bonds is 2. The molecule has 1 aliphatic heterocycles. The molecule has 3 rings (SSSR count). The molecule has 3 atom stereocenters. The van der Waals surface area contributed by atoms with Gasteiger partial charge in [0.25, 0.3) is 5.91 Å². The van der Waals surface area contributed by atoms with Gasteiger partial charge in [0.2, 0.25) is 0 Å². The van der Waals surface area contributed by atoms with Crippen molar-refractivity contribution in [2.45, 2.75) is 18.9 Å². The number of para-hydroxylation sites is 1. The van der Waals surface area contributed by atoms with Gasteiger partial charge in [-0.1, -0.05) is 12.1 Å². The predicted octanol–water partition coefficient (Wildman–Crippen LogP) is 1.54. The van der Waals surface area contributed by atoms with Crippen LogP contribution in [0.5, 0.6) is 5.75 Å². The summed E-state index contributed by atoms with van der Waals surface area (Å²) in [7, 11) is 1.58. The van der Waals surface area contributed by atoms with E-state index < -0.39 is 0 Å². The van der Waals surface area contributed by atoms with Crippen LogP contribution in [0.2, 0.25) is 0 Å². The molecule has 1 saturated heterocycles. The van der Waals surface area contributed by atoms with E-state index in [4.69, 9.17) is 4.74 Å². The average Bonchev–Trinajstić information content (AvgIpc) is 3.00. The van der Waals surface area contributed by atoms with E-state index in [1.165, 1.54) is 0 Å². The number of amides is 1. The van der Waals surface area contributed by atoms with Crippen LogP contribution in [0.3, 0.4) is 0 Å². The zero-order valence-electron chi connectivity index (χ0n) is 11.1. The largest absolute Gasteiger partial charge is 0.496 e. The first-order valence-electron chi connectivity index (χ1n) is 6.81. The van der Waals surface area contributed by atoms with E-state index >= 15 is 0 Å². The molecule has 0 radical (unpaired) electrons. The molecule has 2 fully saturated rings. The summed E-state index contributed by atoms with van der Waals surface area (Å²) in [4.78, 5) is 14.4. The fourth-order valence-electron chi connectivity index (χ4n) is 3.39. The van der Waals surface area contributed by atoms with Gasteiger partial charge in [-0.3, -0.25) is 4.79 Å². The van der Waals surface area contributed by atoms with Crippen LogP contribution in [-0.2, 0) is 0 Å². The third-order valence-electron chi connectivity index (χ3n) is 4.44. The number of hydrogen-bond donors (Lipinski definition) is 1. The first-order chi connectivity index (χ1) is 9.20. The number of ether oxygens (including phenoxy) is 1. The zero-order chi connectivity index (χ0) is 13.4. The second-order valence-electron chi connectivity index (χ2n) is 5.48. The molecule has 1 aliphatic carbocycles. The maximum atomic E-state index is 12.5. The van der Waals surface area contributed by atoms with E-state index in [2.05, 4.69) is 0 Å². The number of methoxy groups -OCH3 is 1. The SMILES string of the molecule is COc1ccccc1C(=O)N1CC2CCC(O)C2C1. The Kier molecular flexibility index (Phi) is 3.19. The Hall–Kier alpha value is -1.55. The Labute approximate surface area is 113 Å². The van der Waals surface area contributed by atoms with E-state index in [1.54, 1.807) is 19.2 Å². The van der Waals surface area contributed by atoms with Crippen LogP contribution in [0, 0.1) is 11.8 Å². The normalized spacial score (nSPS) is 29.4. The molecule has 0 aromatic heterocycles. The van der Waals surface area contributed by atoms with Crippen molar-refractivity contribution in [3.8, 4) is 5.75 Å². The van der Waals surface area contributed by atoms with Crippen molar-refractivity contribution in [1.82, 2.24) is 4.90 Å². The Morgan fingerprint density at radius 2 is 2.11 bits per heavy atom. The second kappa shape index (κ2) is 4.85.